The van der Waals surface area contributed by atoms with Gasteiger partial charge in [0.2, 0.25) is 11.1 Å². The minimum absolute atomic E-state index is 0.0497. The van der Waals surface area contributed by atoms with Crippen LogP contribution in [-0.2, 0) is 18.2 Å². The van der Waals surface area contributed by atoms with E-state index in [9.17, 15) is 4.79 Å². The smallest absolute Gasteiger partial charge is 0.291 e. The average molecular weight is 326 g/mol. The van der Waals surface area contributed by atoms with E-state index in [0.29, 0.717) is 19.6 Å². The molecule has 1 N–H and O–H groups in total. The fourth-order valence-corrected chi connectivity index (χ4v) is 2.54. The molecule has 0 bridgehead atoms. The lowest BCUT2D eigenvalue weighted by Gasteiger charge is -2.16. The zero-order valence-electron chi connectivity index (χ0n) is 12.2. The number of hydrogen-bond acceptors (Lipinski definition) is 6. The highest BCUT2D eigenvalue weighted by molar-refractivity contribution is 6.28. The highest BCUT2D eigenvalue weighted by Gasteiger charge is 2.31. The van der Waals surface area contributed by atoms with Gasteiger partial charge in [-0.25, -0.2) is 4.68 Å². The van der Waals surface area contributed by atoms with Gasteiger partial charge >= 0.3 is 0 Å². The summed E-state index contributed by atoms with van der Waals surface area (Å²) in [6.07, 6.45) is 0.655. The molecule has 1 saturated heterocycles. The van der Waals surface area contributed by atoms with Gasteiger partial charge in [0, 0.05) is 25.5 Å². The Hall–Kier alpha value is -1.93. The van der Waals surface area contributed by atoms with Gasteiger partial charge < -0.3 is 14.6 Å². The van der Waals surface area contributed by atoms with Crippen molar-refractivity contribution >= 4 is 17.5 Å². The molecule has 1 fully saturated rings. The molecule has 0 saturated carbocycles. The van der Waals surface area contributed by atoms with Crippen LogP contribution in [0, 0.1) is 12.8 Å². The number of nitrogens with zero attached hydrogens (tertiary/aromatic N) is 4. The van der Waals surface area contributed by atoms with Crippen LogP contribution in [0.2, 0.25) is 5.28 Å². The molecule has 1 aliphatic heterocycles. The Kier molecular flexibility index (Phi) is 4.12. The minimum Gasteiger partial charge on any atom is -0.379 e. The molecule has 3 heterocycles. The van der Waals surface area contributed by atoms with Crippen molar-refractivity contribution in [3.8, 4) is 0 Å². The number of halogens is 1. The SMILES string of the molecule is Cc1cc(C[C@@H]2COC[C@@H]2NC(=O)c2nc(Cl)n(C)n2)on1. The molecule has 3 rings (SSSR count). The van der Waals surface area contributed by atoms with Crippen molar-refractivity contribution < 1.29 is 14.1 Å². The predicted octanol–water partition coefficient (Wildman–Crippen LogP) is 0.752. The Morgan fingerprint density at radius 3 is 3.00 bits per heavy atom. The van der Waals surface area contributed by atoms with Crippen LogP contribution in [0.15, 0.2) is 10.6 Å². The summed E-state index contributed by atoms with van der Waals surface area (Å²) in [4.78, 5) is 16.1. The van der Waals surface area contributed by atoms with E-state index in [-0.39, 0.29) is 29.0 Å². The molecule has 1 aliphatic rings. The van der Waals surface area contributed by atoms with Gasteiger partial charge in [0.25, 0.3) is 5.91 Å². The van der Waals surface area contributed by atoms with Crippen molar-refractivity contribution in [3.63, 3.8) is 0 Å². The molecule has 0 spiro atoms. The fourth-order valence-electron chi connectivity index (χ4n) is 2.42. The maximum absolute atomic E-state index is 12.2. The van der Waals surface area contributed by atoms with Crippen LogP contribution in [0.1, 0.15) is 22.1 Å². The predicted molar refractivity (Wildman–Crippen MR) is 76.5 cm³/mol. The number of amides is 1. The molecule has 8 nitrogen and oxygen atoms in total. The lowest BCUT2D eigenvalue weighted by atomic mass is 9.98. The number of ether oxygens (including phenoxy) is 1. The Labute approximate surface area is 131 Å². The van der Waals surface area contributed by atoms with E-state index < -0.39 is 0 Å². The first kappa shape index (κ1) is 15.0. The number of aromatic nitrogens is 4. The summed E-state index contributed by atoms with van der Waals surface area (Å²) < 4.78 is 12.0. The second-order valence-electron chi connectivity index (χ2n) is 5.34. The lowest BCUT2D eigenvalue weighted by Crippen LogP contribution is -2.41. The van der Waals surface area contributed by atoms with Gasteiger partial charge in [-0.2, -0.15) is 4.98 Å². The zero-order chi connectivity index (χ0) is 15.7. The normalized spacial score (nSPS) is 21.2. The molecular formula is C13H16ClN5O3. The Morgan fingerprint density at radius 2 is 2.36 bits per heavy atom. The quantitative estimate of drug-likeness (QED) is 0.891. The van der Waals surface area contributed by atoms with Gasteiger partial charge in [-0.1, -0.05) is 5.16 Å². The van der Waals surface area contributed by atoms with Gasteiger partial charge in [-0.15, -0.1) is 5.10 Å². The molecule has 118 valence electrons. The van der Waals surface area contributed by atoms with E-state index in [0.717, 1.165) is 11.5 Å². The van der Waals surface area contributed by atoms with Crippen LogP contribution in [0.25, 0.3) is 0 Å². The Morgan fingerprint density at radius 1 is 1.55 bits per heavy atom. The van der Waals surface area contributed by atoms with E-state index in [1.807, 2.05) is 13.0 Å². The molecule has 1 amide bonds. The third kappa shape index (κ3) is 3.12. The highest BCUT2D eigenvalue weighted by atomic mass is 35.5. The van der Waals surface area contributed by atoms with Crippen LogP contribution in [0.3, 0.4) is 0 Å². The second-order valence-corrected chi connectivity index (χ2v) is 5.68. The highest BCUT2D eigenvalue weighted by Crippen LogP contribution is 2.20. The standard InChI is InChI=1S/C13H16ClN5O3/c1-7-3-9(22-18-7)4-8-5-21-6-10(8)15-12(20)11-16-13(14)19(2)17-11/h3,8,10H,4-6H2,1-2H3,(H,15,20)/t8-,10+/m1/s1. The average Bonchev–Trinajstić information content (AvgIpc) is 3.15. The van der Waals surface area contributed by atoms with E-state index in [1.165, 1.54) is 4.68 Å². The Balaban J connectivity index is 1.64. The molecule has 9 heteroatoms. The van der Waals surface area contributed by atoms with Crippen LogP contribution < -0.4 is 5.32 Å². The first-order valence-corrected chi connectivity index (χ1v) is 7.28. The lowest BCUT2D eigenvalue weighted by molar-refractivity contribution is 0.0914. The summed E-state index contributed by atoms with van der Waals surface area (Å²) in [5.41, 5.74) is 0.835. The van der Waals surface area contributed by atoms with Crippen molar-refractivity contribution in [3.05, 3.63) is 28.6 Å². The molecule has 0 unspecified atom stereocenters. The molecule has 2 aromatic rings. The fraction of sp³-hybridized carbons (Fsp3) is 0.538. The maximum Gasteiger partial charge on any atom is 0.291 e. The van der Waals surface area contributed by atoms with Crippen LogP contribution in [0.4, 0.5) is 0 Å². The summed E-state index contributed by atoms with van der Waals surface area (Å²) >= 11 is 5.79. The maximum atomic E-state index is 12.2. The topological polar surface area (TPSA) is 95.1 Å². The van der Waals surface area contributed by atoms with Gasteiger partial charge in [-0.3, -0.25) is 4.79 Å². The van der Waals surface area contributed by atoms with Crippen molar-refractivity contribution in [1.29, 1.82) is 0 Å². The summed E-state index contributed by atoms with van der Waals surface area (Å²) in [7, 11) is 1.62. The van der Waals surface area contributed by atoms with E-state index >= 15 is 0 Å². The monoisotopic (exact) mass is 325 g/mol. The third-order valence-electron chi connectivity index (χ3n) is 3.57. The number of carbonyl (C=O) groups is 1. The van der Waals surface area contributed by atoms with Gasteiger partial charge in [0.1, 0.15) is 5.76 Å². The summed E-state index contributed by atoms with van der Waals surface area (Å²) in [5, 5.41) is 10.9. The van der Waals surface area contributed by atoms with E-state index in [2.05, 4.69) is 20.6 Å². The van der Waals surface area contributed by atoms with Gasteiger partial charge in [0.15, 0.2) is 0 Å². The summed E-state index contributed by atoms with van der Waals surface area (Å²) in [6.45, 7) is 2.87. The van der Waals surface area contributed by atoms with Crippen LogP contribution in [0.5, 0.6) is 0 Å². The molecule has 2 atom stereocenters. The van der Waals surface area contributed by atoms with Crippen molar-refractivity contribution in [2.24, 2.45) is 13.0 Å². The molecule has 0 radical (unpaired) electrons. The number of hydrogen-bond donors (Lipinski definition) is 1. The number of aryl methyl sites for hydroxylation is 2. The Bertz CT molecular complexity index is 664. The number of nitrogens with one attached hydrogen (secondary N) is 1. The minimum atomic E-state index is -0.364. The first-order chi connectivity index (χ1) is 10.5. The van der Waals surface area contributed by atoms with E-state index in [4.69, 9.17) is 20.9 Å². The number of carbonyl (C=O) groups excluding carboxylic acids is 1. The summed E-state index contributed by atoms with van der Waals surface area (Å²) in [5.74, 6) is 0.590. The van der Waals surface area contributed by atoms with Crippen molar-refractivity contribution in [2.45, 2.75) is 19.4 Å². The van der Waals surface area contributed by atoms with Crippen molar-refractivity contribution in [1.82, 2.24) is 25.2 Å². The largest absolute Gasteiger partial charge is 0.379 e. The number of rotatable bonds is 4. The molecule has 2 aromatic heterocycles. The van der Waals surface area contributed by atoms with Crippen LogP contribution >= 0.6 is 11.6 Å². The second kappa shape index (κ2) is 6.05. The molecule has 0 aromatic carbocycles. The van der Waals surface area contributed by atoms with E-state index in [1.54, 1.807) is 7.05 Å². The first-order valence-electron chi connectivity index (χ1n) is 6.90. The summed E-state index contributed by atoms with van der Waals surface area (Å²) in [6, 6.07) is 1.76. The van der Waals surface area contributed by atoms with Crippen molar-refractivity contribution in [2.75, 3.05) is 13.2 Å². The van der Waals surface area contributed by atoms with Gasteiger partial charge in [-0.05, 0) is 18.5 Å². The molecule has 22 heavy (non-hydrogen) atoms. The van der Waals surface area contributed by atoms with Gasteiger partial charge in [0.05, 0.1) is 24.9 Å². The molecule has 0 aliphatic carbocycles. The molecular weight excluding hydrogens is 310 g/mol. The zero-order valence-corrected chi connectivity index (χ0v) is 13.0. The van der Waals surface area contributed by atoms with Crippen LogP contribution in [-0.4, -0.2) is 45.1 Å². The third-order valence-corrected chi connectivity index (χ3v) is 3.90.